The Balaban J connectivity index is 1.12. The lowest BCUT2D eigenvalue weighted by atomic mass is 9.98. The Labute approximate surface area is 249 Å². The lowest BCUT2D eigenvalue weighted by molar-refractivity contribution is -0.274. The van der Waals surface area contributed by atoms with Crippen LogP contribution in [0.3, 0.4) is 0 Å². The predicted octanol–water partition coefficient (Wildman–Crippen LogP) is 4.40. The number of halogens is 3. The van der Waals surface area contributed by atoms with E-state index in [4.69, 9.17) is 14.2 Å². The first-order chi connectivity index (χ1) is 20.7. The van der Waals surface area contributed by atoms with E-state index in [2.05, 4.69) is 25.3 Å². The average Bonchev–Trinajstić information content (AvgIpc) is 3.01. The molecule has 0 saturated carbocycles. The Morgan fingerprint density at radius 2 is 1.86 bits per heavy atom. The Hall–Kier alpha value is -3.00. The largest absolute Gasteiger partial charge is 0.573 e. The lowest BCUT2D eigenvalue weighted by Gasteiger charge is -2.38. The number of anilines is 1. The second-order valence-electron chi connectivity index (χ2n) is 11.3. The summed E-state index contributed by atoms with van der Waals surface area (Å²) in [7, 11) is 1.71. The van der Waals surface area contributed by atoms with E-state index in [0.717, 1.165) is 50.7 Å². The second-order valence-corrected chi connectivity index (χ2v) is 11.3. The molecule has 5 rings (SSSR count). The van der Waals surface area contributed by atoms with Crippen LogP contribution in [0.1, 0.15) is 66.2 Å². The van der Waals surface area contributed by atoms with Gasteiger partial charge in [-0.2, -0.15) is 0 Å². The smallest absolute Gasteiger partial charge is 0.406 e. The third kappa shape index (κ3) is 8.34. The second kappa shape index (κ2) is 14.2. The molecule has 3 aliphatic rings. The molecule has 0 spiro atoms. The zero-order valence-electron chi connectivity index (χ0n) is 24.6. The molecule has 0 radical (unpaired) electrons. The number of hydrogen-bond donors (Lipinski definition) is 2. The topological polar surface area (TPSA) is 107 Å². The van der Waals surface area contributed by atoms with E-state index < -0.39 is 6.36 Å². The average molecular weight is 608 g/mol. The highest BCUT2D eigenvalue weighted by Gasteiger charge is 2.33. The summed E-state index contributed by atoms with van der Waals surface area (Å²) in [5.74, 6) is 0.222. The van der Waals surface area contributed by atoms with Crippen LogP contribution in [-0.2, 0) is 14.2 Å². The zero-order valence-corrected chi connectivity index (χ0v) is 24.6. The van der Waals surface area contributed by atoms with Gasteiger partial charge in [0.15, 0.2) is 0 Å². The number of carbonyl (C=O) groups is 1. The third-order valence-corrected chi connectivity index (χ3v) is 8.46. The van der Waals surface area contributed by atoms with E-state index in [-0.39, 0.29) is 36.0 Å². The molecule has 3 unspecified atom stereocenters. The Morgan fingerprint density at radius 1 is 1.09 bits per heavy atom. The highest BCUT2D eigenvalue weighted by molar-refractivity contribution is 5.94. The van der Waals surface area contributed by atoms with Gasteiger partial charge >= 0.3 is 6.36 Å². The summed E-state index contributed by atoms with van der Waals surface area (Å²) in [6.07, 6.45) is 1.50. The number of amides is 1. The summed E-state index contributed by atoms with van der Waals surface area (Å²) in [6, 6.07) is 6.39. The summed E-state index contributed by atoms with van der Waals surface area (Å²) >= 11 is 0. The molecule has 13 heteroatoms. The van der Waals surface area contributed by atoms with E-state index in [0.29, 0.717) is 49.4 Å². The number of nitrogens with one attached hydrogen (secondary N) is 2. The van der Waals surface area contributed by atoms with Crippen LogP contribution in [0.2, 0.25) is 0 Å². The van der Waals surface area contributed by atoms with Gasteiger partial charge in [-0.05, 0) is 63.1 Å². The van der Waals surface area contributed by atoms with Crippen molar-refractivity contribution in [3.63, 3.8) is 0 Å². The summed E-state index contributed by atoms with van der Waals surface area (Å²) in [6.45, 7) is 4.93. The number of carbonyl (C=O) groups excluding carboxylic acids is 1. The maximum absolute atomic E-state index is 13.4. The summed E-state index contributed by atoms with van der Waals surface area (Å²) < 4.78 is 58.8. The summed E-state index contributed by atoms with van der Waals surface area (Å²) in [5, 5.41) is 7.04. The summed E-state index contributed by atoms with van der Waals surface area (Å²) in [5.41, 5.74) is 1.87. The molecular formula is C30H40F3N5O5. The molecule has 236 valence electrons. The number of rotatable bonds is 9. The fourth-order valence-corrected chi connectivity index (χ4v) is 6.07. The van der Waals surface area contributed by atoms with Gasteiger partial charge < -0.3 is 34.5 Å². The molecule has 4 heterocycles. The molecule has 4 atom stereocenters. The predicted molar refractivity (Wildman–Crippen MR) is 152 cm³/mol. The zero-order chi connectivity index (χ0) is 30.4. The number of piperidine rings is 1. The van der Waals surface area contributed by atoms with Crippen LogP contribution in [0.5, 0.6) is 5.75 Å². The van der Waals surface area contributed by atoms with Crippen molar-refractivity contribution in [2.75, 3.05) is 45.3 Å². The van der Waals surface area contributed by atoms with Gasteiger partial charge in [0.05, 0.1) is 24.9 Å². The Bertz CT molecular complexity index is 1210. The van der Waals surface area contributed by atoms with Crippen LogP contribution < -0.4 is 15.4 Å². The van der Waals surface area contributed by atoms with Crippen LogP contribution in [0.4, 0.5) is 19.0 Å². The number of likely N-dealkylation sites (tertiary alicyclic amines) is 1. The minimum Gasteiger partial charge on any atom is -0.406 e. The van der Waals surface area contributed by atoms with Gasteiger partial charge in [-0.25, -0.2) is 9.97 Å². The van der Waals surface area contributed by atoms with E-state index >= 15 is 0 Å². The molecule has 1 aromatic heterocycles. The van der Waals surface area contributed by atoms with Crippen molar-refractivity contribution in [2.24, 2.45) is 0 Å². The lowest BCUT2D eigenvalue weighted by Crippen LogP contribution is -2.54. The van der Waals surface area contributed by atoms with Crippen LogP contribution in [0.15, 0.2) is 30.6 Å². The molecule has 0 bridgehead atoms. The standard InChI is InChI=1S/C30H40F3N5O5/c1-19-27(29(39)38-13-10-21(11-14-38)37-24-12-15-41-17-26(24)40-2)35-18-36-28(19)34-16-23-4-3-5-25(42-23)20-6-8-22(9-7-20)43-30(31,32)33/h6-9,18,21,23-26,37H,3-5,10-17H2,1-2H3,(H,34,35,36)/t23-,24?,25?,26?/m0/s1. The number of alkyl halides is 3. The number of ether oxygens (including phenoxy) is 4. The van der Waals surface area contributed by atoms with Crippen molar-refractivity contribution >= 4 is 11.7 Å². The van der Waals surface area contributed by atoms with Crippen LogP contribution in [0.25, 0.3) is 0 Å². The van der Waals surface area contributed by atoms with Gasteiger partial charge in [-0.1, -0.05) is 12.1 Å². The van der Waals surface area contributed by atoms with Crippen molar-refractivity contribution in [3.05, 3.63) is 47.4 Å². The van der Waals surface area contributed by atoms with Crippen molar-refractivity contribution in [1.82, 2.24) is 20.2 Å². The van der Waals surface area contributed by atoms with Crippen LogP contribution in [0, 0.1) is 6.92 Å². The highest BCUT2D eigenvalue weighted by atomic mass is 19.4. The molecule has 1 aromatic carbocycles. The van der Waals surface area contributed by atoms with E-state index in [1.54, 1.807) is 19.2 Å². The van der Waals surface area contributed by atoms with E-state index in [9.17, 15) is 18.0 Å². The molecule has 2 aromatic rings. The van der Waals surface area contributed by atoms with Crippen molar-refractivity contribution in [3.8, 4) is 5.75 Å². The van der Waals surface area contributed by atoms with Crippen molar-refractivity contribution in [2.45, 2.75) is 82.2 Å². The van der Waals surface area contributed by atoms with Crippen molar-refractivity contribution < 1.29 is 36.9 Å². The third-order valence-electron chi connectivity index (χ3n) is 8.46. The van der Waals surface area contributed by atoms with Crippen LogP contribution >= 0.6 is 0 Å². The molecule has 3 fully saturated rings. The number of benzene rings is 1. The fourth-order valence-electron chi connectivity index (χ4n) is 6.07. The van der Waals surface area contributed by atoms with Gasteiger partial charge in [0.25, 0.3) is 5.91 Å². The van der Waals surface area contributed by atoms with Gasteiger partial charge in [0, 0.05) is 51.0 Å². The van der Waals surface area contributed by atoms with E-state index in [1.807, 2.05) is 11.8 Å². The highest BCUT2D eigenvalue weighted by Crippen LogP contribution is 2.33. The normalized spacial score (nSPS) is 25.4. The van der Waals surface area contributed by atoms with Gasteiger partial charge in [-0.15, -0.1) is 13.2 Å². The van der Waals surface area contributed by atoms with E-state index in [1.165, 1.54) is 18.5 Å². The SMILES string of the molecule is COC1COCCC1NC1CCN(C(=O)c2ncnc(NC[C@@H]3CCCC(c4ccc(OC(F)(F)F)cc4)O3)c2C)CC1. The maximum atomic E-state index is 13.4. The summed E-state index contributed by atoms with van der Waals surface area (Å²) in [4.78, 5) is 24.0. The minimum atomic E-state index is -4.73. The molecule has 43 heavy (non-hydrogen) atoms. The number of aromatic nitrogens is 2. The molecule has 3 aliphatic heterocycles. The molecule has 2 N–H and O–H groups in total. The molecule has 10 nitrogen and oxygen atoms in total. The molecule has 3 saturated heterocycles. The monoisotopic (exact) mass is 607 g/mol. The van der Waals surface area contributed by atoms with Gasteiger partial charge in [0.1, 0.15) is 23.6 Å². The Kier molecular flexibility index (Phi) is 10.4. The maximum Gasteiger partial charge on any atom is 0.573 e. The molecule has 0 aliphatic carbocycles. The fraction of sp³-hybridized carbons (Fsp3) is 0.633. The van der Waals surface area contributed by atoms with Gasteiger partial charge in [-0.3, -0.25) is 4.79 Å². The number of hydrogen-bond acceptors (Lipinski definition) is 9. The first-order valence-electron chi connectivity index (χ1n) is 14.9. The van der Waals surface area contributed by atoms with Crippen LogP contribution in [-0.4, -0.2) is 91.4 Å². The first-order valence-corrected chi connectivity index (χ1v) is 14.9. The van der Waals surface area contributed by atoms with Crippen molar-refractivity contribution in [1.29, 1.82) is 0 Å². The van der Waals surface area contributed by atoms with Gasteiger partial charge in [0.2, 0.25) is 0 Å². The Morgan fingerprint density at radius 3 is 2.58 bits per heavy atom. The molecular weight excluding hydrogens is 567 g/mol. The minimum absolute atomic E-state index is 0.0428. The quantitative estimate of drug-likeness (QED) is 0.429. The molecule has 1 amide bonds. The number of nitrogens with zero attached hydrogens (tertiary/aromatic N) is 3. The first kappa shape index (κ1) is 31.4. The number of methoxy groups -OCH3 is 1.